The Balaban J connectivity index is 1.66. The van der Waals surface area contributed by atoms with Crippen LogP contribution in [0, 0.1) is 0 Å². The molecule has 2 aromatic heterocycles. The fourth-order valence-corrected chi connectivity index (χ4v) is 2.67. The minimum atomic E-state index is -0.265. The molecule has 4 aromatic rings. The zero-order chi connectivity index (χ0) is 17.9. The number of anilines is 1. The lowest BCUT2D eigenvalue weighted by atomic mass is 10.1. The van der Waals surface area contributed by atoms with Gasteiger partial charge in [0.15, 0.2) is 11.6 Å². The lowest BCUT2D eigenvalue weighted by Crippen LogP contribution is -2.13. The van der Waals surface area contributed by atoms with Crippen LogP contribution in [0.4, 0.5) is 5.82 Å². The number of carbonyl (C=O) groups excluding carboxylic acids is 1. The third-order valence-electron chi connectivity index (χ3n) is 3.92. The van der Waals surface area contributed by atoms with Crippen molar-refractivity contribution >= 4 is 11.7 Å². The topological polar surface area (TPSA) is 73.0 Å². The Bertz CT molecular complexity index is 1050. The van der Waals surface area contributed by atoms with Gasteiger partial charge in [0.25, 0.3) is 5.91 Å². The first-order valence-corrected chi connectivity index (χ1v) is 8.12. The molecule has 6 nitrogen and oxygen atoms in total. The van der Waals surface area contributed by atoms with Crippen LogP contribution in [0.15, 0.2) is 77.5 Å². The molecule has 0 spiro atoms. The number of hydrogen-bond donors (Lipinski definition) is 1. The van der Waals surface area contributed by atoms with Gasteiger partial charge in [-0.3, -0.25) is 9.48 Å². The average Bonchev–Trinajstić information content (AvgIpc) is 3.32. The number of oxazole rings is 1. The summed E-state index contributed by atoms with van der Waals surface area (Å²) in [5, 5.41) is 6.96. The van der Waals surface area contributed by atoms with Crippen molar-refractivity contribution < 1.29 is 9.21 Å². The second kappa shape index (κ2) is 6.68. The van der Waals surface area contributed by atoms with Gasteiger partial charge in [0.05, 0.1) is 11.8 Å². The molecular weight excluding hydrogens is 328 g/mol. The van der Waals surface area contributed by atoms with Gasteiger partial charge >= 0.3 is 0 Å². The fourth-order valence-electron chi connectivity index (χ4n) is 2.67. The van der Waals surface area contributed by atoms with Crippen LogP contribution in [-0.2, 0) is 7.05 Å². The molecule has 0 atom stereocenters. The van der Waals surface area contributed by atoms with E-state index in [1.54, 1.807) is 42.3 Å². The minimum absolute atomic E-state index is 0.265. The molecule has 0 saturated heterocycles. The van der Waals surface area contributed by atoms with Gasteiger partial charge in [-0.2, -0.15) is 5.10 Å². The van der Waals surface area contributed by atoms with Crippen LogP contribution in [0.1, 0.15) is 10.4 Å². The van der Waals surface area contributed by atoms with E-state index < -0.39 is 0 Å². The number of amides is 1. The number of aromatic nitrogens is 3. The molecule has 0 fully saturated rings. The number of carbonyl (C=O) groups is 1. The Morgan fingerprint density at radius 3 is 2.58 bits per heavy atom. The molecule has 2 heterocycles. The molecule has 128 valence electrons. The van der Waals surface area contributed by atoms with Gasteiger partial charge in [0.2, 0.25) is 5.89 Å². The SMILES string of the molecule is Cn1ccc(NC(=O)c2ccccc2-c2ncc(-c3ccccc3)o2)n1. The number of benzene rings is 2. The van der Waals surface area contributed by atoms with Gasteiger partial charge in [-0.25, -0.2) is 4.98 Å². The summed E-state index contributed by atoms with van der Waals surface area (Å²) >= 11 is 0. The number of hydrogen-bond acceptors (Lipinski definition) is 4. The van der Waals surface area contributed by atoms with Gasteiger partial charge in [-0.1, -0.05) is 42.5 Å². The van der Waals surface area contributed by atoms with Crippen molar-refractivity contribution in [3.8, 4) is 22.8 Å². The minimum Gasteiger partial charge on any atom is -0.436 e. The maximum Gasteiger partial charge on any atom is 0.257 e. The average molecular weight is 344 g/mol. The summed E-state index contributed by atoms with van der Waals surface area (Å²) in [6, 6.07) is 18.6. The first-order valence-electron chi connectivity index (χ1n) is 8.12. The molecule has 0 radical (unpaired) electrons. The summed E-state index contributed by atoms with van der Waals surface area (Å²) < 4.78 is 7.52. The predicted molar refractivity (Wildman–Crippen MR) is 98.5 cm³/mol. The number of rotatable bonds is 4. The van der Waals surface area contributed by atoms with Crippen molar-refractivity contribution in [2.45, 2.75) is 0 Å². The van der Waals surface area contributed by atoms with E-state index >= 15 is 0 Å². The Kier molecular flexibility index (Phi) is 4.07. The number of nitrogens with one attached hydrogen (secondary N) is 1. The van der Waals surface area contributed by atoms with E-state index in [2.05, 4.69) is 15.4 Å². The van der Waals surface area contributed by atoms with Gasteiger partial charge in [-0.15, -0.1) is 0 Å². The van der Waals surface area contributed by atoms with Crippen LogP contribution in [0.25, 0.3) is 22.8 Å². The Labute approximate surface area is 150 Å². The van der Waals surface area contributed by atoms with E-state index in [1.165, 1.54) is 0 Å². The maximum absolute atomic E-state index is 12.7. The number of aryl methyl sites for hydroxylation is 1. The van der Waals surface area contributed by atoms with Crippen molar-refractivity contribution in [1.82, 2.24) is 14.8 Å². The van der Waals surface area contributed by atoms with Crippen molar-refractivity contribution in [3.63, 3.8) is 0 Å². The quantitative estimate of drug-likeness (QED) is 0.607. The highest BCUT2D eigenvalue weighted by molar-refractivity contribution is 6.07. The molecule has 26 heavy (non-hydrogen) atoms. The highest BCUT2D eigenvalue weighted by Crippen LogP contribution is 2.28. The smallest absolute Gasteiger partial charge is 0.257 e. The maximum atomic E-state index is 12.7. The van der Waals surface area contributed by atoms with Gasteiger partial charge in [0.1, 0.15) is 0 Å². The van der Waals surface area contributed by atoms with Gasteiger partial charge in [0, 0.05) is 30.4 Å². The standard InChI is InChI=1S/C20H16N4O2/c1-24-12-11-18(23-24)22-19(25)15-9-5-6-10-16(15)20-21-13-17(26-20)14-7-3-2-4-8-14/h2-13H,1H3,(H,22,23,25). The molecule has 0 bridgehead atoms. The van der Waals surface area contributed by atoms with E-state index in [1.807, 2.05) is 42.5 Å². The molecule has 0 saturated carbocycles. The Hall–Kier alpha value is -3.67. The third-order valence-corrected chi connectivity index (χ3v) is 3.92. The molecule has 0 aliphatic carbocycles. The van der Waals surface area contributed by atoms with E-state index in [-0.39, 0.29) is 5.91 Å². The zero-order valence-corrected chi connectivity index (χ0v) is 14.1. The van der Waals surface area contributed by atoms with Gasteiger partial charge in [-0.05, 0) is 12.1 Å². The molecule has 0 aliphatic heterocycles. The fraction of sp³-hybridized carbons (Fsp3) is 0.0500. The van der Waals surface area contributed by atoms with Crippen LogP contribution >= 0.6 is 0 Å². The van der Waals surface area contributed by atoms with Crippen LogP contribution in [0.2, 0.25) is 0 Å². The van der Waals surface area contributed by atoms with E-state index in [9.17, 15) is 4.79 Å². The van der Waals surface area contributed by atoms with E-state index in [0.29, 0.717) is 28.6 Å². The normalized spacial score (nSPS) is 10.7. The Morgan fingerprint density at radius 1 is 1.04 bits per heavy atom. The summed E-state index contributed by atoms with van der Waals surface area (Å²) in [5.41, 5.74) is 2.03. The molecule has 4 rings (SSSR count). The molecule has 0 aliphatic rings. The van der Waals surface area contributed by atoms with Crippen LogP contribution in [0.3, 0.4) is 0 Å². The summed E-state index contributed by atoms with van der Waals surface area (Å²) in [4.78, 5) is 17.0. The van der Waals surface area contributed by atoms with Crippen LogP contribution in [0.5, 0.6) is 0 Å². The van der Waals surface area contributed by atoms with Gasteiger partial charge < -0.3 is 9.73 Å². The van der Waals surface area contributed by atoms with Crippen molar-refractivity contribution in [2.24, 2.45) is 7.05 Å². The van der Waals surface area contributed by atoms with Crippen LogP contribution < -0.4 is 5.32 Å². The first kappa shape index (κ1) is 15.8. The first-order chi connectivity index (χ1) is 12.7. The highest BCUT2D eigenvalue weighted by Gasteiger charge is 2.17. The summed E-state index contributed by atoms with van der Waals surface area (Å²) in [7, 11) is 1.79. The predicted octanol–water partition coefficient (Wildman–Crippen LogP) is 3.99. The molecule has 1 amide bonds. The van der Waals surface area contributed by atoms with Crippen molar-refractivity contribution in [3.05, 3.63) is 78.6 Å². The highest BCUT2D eigenvalue weighted by atomic mass is 16.4. The monoisotopic (exact) mass is 344 g/mol. The lowest BCUT2D eigenvalue weighted by Gasteiger charge is -2.06. The van der Waals surface area contributed by atoms with E-state index in [4.69, 9.17) is 4.42 Å². The van der Waals surface area contributed by atoms with Crippen molar-refractivity contribution in [2.75, 3.05) is 5.32 Å². The molecular formula is C20H16N4O2. The molecule has 2 aromatic carbocycles. The molecule has 6 heteroatoms. The molecule has 0 unspecified atom stereocenters. The zero-order valence-electron chi connectivity index (χ0n) is 14.1. The number of nitrogens with zero attached hydrogens (tertiary/aromatic N) is 3. The largest absolute Gasteiger partial charge is 0.436 e. The summed E-state index contributed by atoms with van der Waals surface area (Å²) in [6.45, 7) is 0. The Morgan fingerprint density at radius 2 is 1.81 bits per heavy atom. The second-order valence-electron chi connectivity index (χ2n) is 5.77. The third kappa shape index (κ3) is 3.12. The summed E-state index contributed by atoms with van der Waals surface area (Å²) in [5.74, 6) is 1.28. The van der Waals surface area contributed by atoms with E-state index in [0.717, 1.165) is 5.56 Å². The summed E-state index contributed by atoms with van der Waals surface area (Å²) in [6.07, 6.45) is 3.43. The van der Waals surface area contributed by atoms with Crippen molar-refractivity contribution in [1.29, 1.82) is 0 Å². The second-order valence-corrected chi connectivity index (χ2v) is 5.77. The van der Waals surface area contributed by atoms with Crippen LogP contribution in [-0.4, -0.2) is 20.7 Å². The lowest BCUT2D eigenvalue weighted by molar-refractivity contribution is 0.102. The molecule has 1 N–H and O–H groups in total.